The average Bonchev–Trinajstić information content (AvgIpc) is 2.31. The summed E-state index contributed by atoms with van der Waals surface area (Å²) in [5, 5.41) is 3.57. The zero-order valence-electron chi connectivity index (χ0n) is 11.4. The van der Waals surface area contributed by atoms with E-state index in [1.54, 1.807) is 0 Å². The lowest BCUT2D eigenvalue weighted by molar-refractivity contribution is 0.327. The number of pyridine rings is 1. The first kappa shape index (κ1) is 13.5. The molecule has 0 aliphatic carbocycles. The van der Waals surface area contributed by atoms with Crippen LogP contribution < -0.4 is 10.1 Å². The molecule has 2 rings (SSSR count). The Hall–Kier alpha value is -0.900. The molecule has 1 atom stereocenters. The van der Waals surface area contributed by atoms with Crippen molar-refractivity contribution in [2.45, 2.75) is 33.2 Å². The van der Waals surface area contributed by atoms with E-state index in [9.17, 15) is 0 Å². The molecule has 1 N–H and O–H groups in total. The van der Waals surface area contributed by atoms with Crippen LogP contribution in [0.2, 0.25) is 0 Å². The SMILES string of the molecule is CCOc1ccc(NC2CSCC(C)(C)C2)cn1. The molecular weight excluding hydrogens is 244 g/mol. The number of rotatable bonds is 4. The zero-order chi connectivity index (χ0) is 13.0. The van der Waals surface area contributed by atoms with E-state index in [4.69, 9.17) is 4.74 Å². The molecular formula is C14H22N2OS. The highest BCUT2D eigenvalue weighted by Gasteiger charge is 2.28. The fourth-order valence-electron chi connectivity index (χ4n) is 2.29. The maximum Gasteiger partial charge on any atom is 0.213 e. The van der Waals surface area contributed by atoms with E-state index in [2.05, 4.69) is 24.1 Å². The van der Waals surface area contributed by atoms with Gasteiger partial charge >= 0.3 is 0 Å². The van der Waals surface area contributed by atoms with Crippen LogP contribution >= 0.6 is 11.8 Å². The maximum absolute atomic E-state index is 5.34. The summed E-state index contributed by atoms with van der Waals surface area (Å²) in [6, 6.07) is 4.51. The lowest BCUT2D eigenvalue weighted by Gasteiger charge is -2.35. The van der Waals surface area contributed by atoms with E-state index >= 15 is 0 Å². The van der Waals surface area contributed by atoms with Crippen molar-refractivity contribution in [2.75, 3.05) is 23.4 Å². The molecule has 1 aliphatic heterocycles. The Morgan fingerprint density at radius 2 is 2.33 bits per heavy atom. The lowest BCUT2D eigenvalue weighted by atomic mass is 9.88. The summed E-state index contributed by atoms with van der Waals surface area (Å²) in [4.78, 5) is 4.28. The highest BCUT2D eigenvalue weighted by Crippen LogP contribution is 2.34. The number of nitrogens with zero attached hydrogens (tertiary/aromatic N) is 1. The third kappa shape index (κ3) is 3.80. The average molecular weight is 266 g/mol. The molecule has 0 bridgehead atoms. The van der Waals surface area contributed by atoms with E-state index in [1.807, 2.05) is 37.0 Å². The summed E-state index contributed by atoms with van der Waals surface area (Å²) in [5.41, 5.74) is 1.51. The van der Waals surface area contributed by atoms with Crippen LogP contribution in [0.15, 0.2) is 18.3 Å². The summed E-state index contributed by atoms with van der Waals surface area (Å²) < 4.78 is 5.34. The first-order valence-electron chi connectivity index (χ1n) is 6.52. The van der Waals surface area contributed by atoms with Crippen LogP contribution in [0, 0.1) is 5.41 Å². The highest BCUT2D eigenvalue weighted by molar-refractivity contribution is 7.99. The van der Waals surface area contributed by atoms with Gasteiger partial charge in [-0.1, -0.05) is 13.8 Å². The number of ether oxygens (including phenoxy) is 1. The minimum atomic E-state index is 0.430. The van der Waals surface area contributed by atoms with E-state index < -0.39 is 0 Å². The summed E-state index contributed by atoms with van der Waals surface area (Å²) in [7, 11) is 0. The molecule has 0 aromatic carbocycles. The summed E-state index contributed by atoms with van der Waals surface area (Å²) in [6.45, 7) is 7.30. The van der Waals surface area contributed by atoms with Crippen molar-refractivity contribution in [2.24, 2.45) is 5.41 Å². The molecule has 1 aromatic rings. The number of hydrogen-bond donors (Lipinski definition) is 1. The minimum Gasteiger partial charge on any atom is -0.478 e. The van der Waals surface area contributed by atoms with Crippen molar-refractivity contribution >= 4 is 17.4 Å². The monoisotopic (exact) mass is 266 g/mol. The molecule has 0 amide bonds. The Kier molecular flexibility index (Phi) is 4.38. The zero-order valence-corrected chi connectivity index (χ0v) is 12.2. The van der Waals surface area contributed by atoms with Crippen molar-refractivity contribution in [3.05, 3.63) is 18.3 Å². The van der Waals surface area contributed by atoms with Crippen molar-refractivity contribution in [3.63, 3.8) is 0 Å². The summed E-state index contributed by atoms with van der Waals surface area (Å²) in [5.74, 6) is 3.13. The molecule has 0 spiro atoms. The molecule has 1 fully saturated rings. The summed E-state index contributed by atoms with van der Waals surface area (Å²) >= 11 is 2.03. The second-order valence-electron chi connectivity index (χ2n) is 5.54. The van der Waals surface area contributed by atoms with Crippen molar-refractivity contribution < 1.29 is 4.74 Å². The predicted octanol–water partition coefficient (Wildman–Crippen LogP) is 3.42. The van der Waals surface area contributed by atoms with Gasteiger partial charge < -0.3 is 10.1 Å². The Morgan fingerprint density at radius 1 is 1.50 bits per heavy atom. The van der Waals surface area contributed by atoms with Crippen LogP contribution in [0.25, 0.3) is 0 Å². The predicted molar refractivity (Wildman–Crippen MR) is 78.5 cm³/mol. The van der Waals surface area contributed by atoms with Gasteiger partial charge in [-0.15, -0.1) is 0 Å². The lowest BCUT2D eigenvalue weighted by Crippen LogP contribution is -2.35. The molecule has 1 saturated heterocycles. The van der Waals surface area contributed by atoms with E-state index in [1.165, 1.54) is 17.9 Å². The Morgan fingerprint density at radius 3 is 2.94 bits per heavy atom. The number of anilines is 1. The largest absolute Gasteiger partial charge is 0.478 e. The fraction of sp³-hybridized carbons (Fsp3) is 0.643. The van der Waals surface area contributed by atoms with Gasteiger partial charge in [0.2, 0.25) is 5.88 Å². The number of aromatic nitrogens is 1. The molecule has 1 aromatic heterocycles. The van der Waals surface area contributed by atoms with Gasteiger partial charge in [0.1, 0.15) is 0 Å². The van der Waals surface area contributed by atoms with Gasteiger partial charge in [0.25, 0.3) is 0 Å². The molecule has 18 heavy (non-hydrogen) atoms. The topological polar surface area (TPSA) is 34.1 Å². The number of hydrogen-bond acceptors (Lipinski definition) is 4. The first-order chi connectivity index (χ1) is 8.59. The second-order valence-corrected chi connectivity index (χ2v) is 6.57. The molecule has 100 valence electrons. The normalized spacial score (nSPS) is 22.5. The third-order valence-corrected chi connectivity index (χ3v) is 4.63. The Labute approximate surface area is 114 Å². The van der Waals surface area contributed by atoms with Gasteiger partial charge in [0, 0.05) is 17.9 Å². The van der Waals surface area contributed by atoms with E-state index in [0.717, 1.165) is 5.69 Å². The Bertz CT molecular complexity index is 378. The highest BCUT2D eigenvalue weighted by atomic mass is 32.2. The van der Waals surface area contributed by atoms with Crippen LogP contribution in [0.3, 0.4) is 0 Å². The van der Waals surface area contributed by atoms with Crippen LogP contribution in [0.4, 0.5) is 5.69 Å². The van der Waals surface area contributed by atoms with Crippen molar-refractivity contribution in [1.82, 2.24) is 4.98 Å². The van der Waals surface area contributed by atoms with Gasteiger partial charge in [-0.2, -0.15) is 11.8 Å². The smallest absolute Gasteiger partial charge is 0.213 e. The van der Waals surface area contributed by atoms with Gasteiger partial charge in [0.15, 0.2) is 0 Å². The van der Waals surface area contributed by atoms with E-state index in [0.29, 0.717) is 23.9 Å². The standard InChI is InChI=1S/C14H22N2OS/c1-4-17-13-6-5-11(8-15-13)16-12-7-14(2,3)10-18-9-12/h5-6,8,12,16H,4,7,9-10H2,1-3H3. The molecule has 0 radical (unpaired) electrons. The molecule has 1 unspecified atom stereocenters. The van der Waals surface area contributed by atoms with E-state index in [-0.39, 0.29) is 0 Å². The van der Waals surface area contributed by atoms with Gasteiger partial charge in [-0.05, 0) is 30.6 Å². The van der Waals surface area contributed by atoms with Crippen LogP contribution in [-0.2, 0) is 0 Å². The molecule has 2 heterocycles. The minimum absolute atomic E-state index is 0.430. The van der Waals surface area contributed by atoms with Crippen LogP contribution in [0.5, 0.6) is 5.88 Å². The first-order valence-corrected chi connectivity index (χ1v) is 7.68. The Balaban J connectivity index is 1.92. The molecule has 1 aliphatic rings. The van der Waals surface area contributed by atoms with Crippen LogP contribution in [0.1, 0.15) is 27.2 Å². The molecule has 0 saturated carbocycles. The summed E-state index contributed by atoms with van der Waals surface area (Å²) in [6.07, 6.45) is 3.07. The molecule has 4 heteroatoms. The molecule has 3 nitrogen and oxygen atoms in total. The number of nitrogens with one attached hydrogen (secondary N) is 1. The van der Waals surface area contributed by atoms with Crippen molar-refractivity contribution in [1.29, 1.82) is 0 Å². The van der Waals surface area contributed by atoms with Gasteiger partial charge in [0.05, 0.1) is 18.5 Å². The second kappa shape index (κ2) is 5.83. The fourth-order valence-corrected chi connectivity index (χ4v) is 3.56. The van der Waals surface area contributed by atoms with Crippen molar-refractivity contribution in [3.8, 4) is 5.88 Å². The third-order valence-electron chi connectivity index (χ3n) is 3.01. The number of thioether (sulfide) groups is 1. The van der Waals surface area contributed by atoms with Gasteiger partial charge in [-0.3, -0.25) is 0 Å². The van der Waals surface area contributed by atoms with Crippen LogP contribution in [-0.4, -0.2) is 29.1 Å². The quantitative estimate of drug-likeness (QED) is 0.905. The van der Waals surface area contributed by atoms with Gasteiger partial charge in [-0.25, -0.2) is 4.98 Å². The maximum atomic E-state index is 5.34.